The summed E-state index contributed by atoms with van der Waals surface area (Å²) in [6.07, 6.45) is 2.90. The Morgan fingerprint density at radius 3 is 2.42 bits per heavy atom. The molecule has 0 fully saturated rings. The molecule has 2 unspecified atom stereocenters. The second-order valence-electron chi connectivity index (χ2n) is 6.40. The maximum Gasteiger partial charge on any atom is 0.335 e. The van der Waals surface area contributed by atoms with Gasteiger partial charge in [0.15, 0.2) is 0 Å². The van der Waals surface area contributed by atoms with Crippen molar-refractivity contribution >= 4 is 12.2 Å². The molecule has 0 radical (unpaired) electrons. The molecule has 2 atom stereocenters. The zero-order valence-corrected chi connectivity index (χ0v) is 14.6. The highest BCUT2D eigenvalue weighted by Crippen LogP contribution is 2.18. The maximum absolute atomic E-state index is 11.9. The number of rotatable bonds is 7. The molecule has 3 nitrogen and oxygen atoms in total. The molecule has 2 aromatic carbocycles. The number of carbonyl (C=O) groups excluding carboxylic acids is 1. The highest BCUT2D eigenvalue weighted by atomic mass is 16.7. The van der Waals surface area contributed by atoms with Gasteiger partial charge in [0, 0.05) is 6.21 Å². The van der Waals surface area contributed by atoms with Crippen LogP contribution in [0.4, 0.5) is 0 Å². The van der Waals surface area contributed by atoms with E-state index in [1.54, 1.807) is 6.21 Å². The molecular formula is C21H25NO2. The molecular weight excluding hydrogens is 298 g/mol. The van der Waals surface area contributed by atoms with Crippen LogP contribution >= 0.6 is 0 Å². The highest BCUT2D eigenvalue weighted by Gasteiger charge is 2.12. The Hall–Kier alpha value is -2.42. The SMILES string of the molecule is Cc1ccc(CC(C)C=NOC(=O)CC(C)c2ccccc2)cc1. The topological polar surface area (TPSA) is 38.7 Å². The van der Waals surface area contributed by atoms with Crippen LogP contribution in [0, 0.1) is 12.8 Å². The molecule has 126 valence electrons. The van der Waals surface area contributed by atoms with Gasteiger partial charge in [0.2, 0.25) is 0 Å². The number of hydrogen-bond donors (Lipinski definition) is 0. The molecule has 0 bridgehead atoms. The van der Waals surface area contributed by atoms with E-state index in [1.165, 1.54) is 11.1 Å². The molecule has 0 aliphatic heterocycles. The Morgan fingerprint density at radius 2 is 1.75 bits per heavy atom. The second-order valence-corrected chi connectivity index (χ2v) is 6.40. The molecule has 3 heteroatoms. The van der Waals surface area contributed by atoms with Crippen molar-refractivity contribution in [3.63, 3.8) is 0 Å². The van der Waals surface area contributed by atoms with Gasteiger partial charge >= 0.3 is 5.97 Å². The summed E-state index contributed by atoms with van der Waals surface area (Å²) in [5.74, 6) is 0.0380. The van der Waals surface area contributed by atoms with Gasteiger partial charge in [-0.3, -0.25) is 0 Å². The smallest absolute Gasteiger partial charge is 0.319 e. The van der Waals surface area contributed by atoms with E-state index < -0.39 is 0 Å². The number of carbonyl (C=O) groups is 1. The van der Waals surface area contributed by atoms with E-state index in [9.17, 15) is 4.79 Å². The number of aryl methyl sites for hydroxylation is 1. The predicted molar refractivity (Wildman–Crippen MR) is 98.1 cm³/mol. The fourth-order valence-corrected chi connectivity index (χ4v) is 2.53. The first-order valence-electron chi connectivity index (χ1n) is 8.38. The minimum absolute atomic E-state index is 0.124. The predicted octanol–water partition coefficient (Wildman–Crippen LogP) is 4.90. The van der Waals surface area contributed by atoms with Crippen LogP contribution in [-0.2, 0) is 16.1 Å². The molecule has 0 saturated carbocycles. The zero-order chi connectivity index (χ0) is 17.4. The van der Waals surface area contributed by atoms with Gasteiger partial charge in [-0.2, -0.15) is 0 Å². The summed E-state index contributed by atoms with van der Waals surface area (Å²) in [6, 6.07) is 18.4. The zero-order valence-electron chi connectivity index (χ0n) is 14.6. The molecule has 0 amide bonds. The average molecular weight is 323 g/mol. The Kier molecular flexibility index (Phi) is 6.74. The molecule has 0 aliphatic rings. The molecule has 0 heterocycles. The molecule has 2 rings (SSSR count). The summed E-state index contributed by atoms with van der Waals surface area (Å²) in [4.78, 5) is 16.9. The van der Waals surface area contributed by atoms with Gasteiger partial charge in [-0.15, -0.1) is 0 Å². The largest absolute Gasteiger partial charge is 0.335 e. The summed E-state index contributed by atoms with van der Waals surface area (Å²) in [6.45, 7) is 6.15. The number of oxime groups is 1. The standard InChI is InChI=1S/C21H25NO2/c1-16-9-11-19(12-10-16)13-17(2)15-22-24-21(23)14-18(3)20-7-5-4-6-8-20/h4-12,15,17-18H,13-14H2,1-3H3. The van der Waals surface area contributed by atoms with E-state index in [-0.39, 0.29) is 17.8 Å². The van der Waals surface area contributed by atoms with Crippen LogP contribution in [-0.4, -0.2) is 12.2 Å². The number of benzene rings is 2. The quantitative estimate of drug-likeness (QED) is 0.413. The molecule has 24 heavy (non-hydrogen) atoms. The molecule has 2 aromatic rings. The summed E-state index contributed by atoms with van der Waals surface area (Å²) in [5.41, 5.74) is 3.64. The summed E-state index contributed by atoms with van der Waals surface area (Å²) >= 11 is 0. The van der Waals surface area contributed by atoms with Gasteiger partial charge in [0.05, 0.1) is 6.42 Å². The molecule has 0 saturated heterocycles. The van der Waals surface area contributed by atoms with E-state index in [1.807, 2.05) is 37.3 Å². The van der Waals surface area contributed by atoms with Crippen LogP contribution in [0.1, 0.15) is 42.9 Å². The van der Waals surface area contributed by atoms with Crippen molar-refractivity contribution in [3.05, 3.63) is 71.3 Å². The van der Waals surface area contributed by atoms with Crippen LogP contribution in [0.5, 0.6) is 0 Å². The van der Waals surface area contributed by atoms with Crippen molar-refractivity contribution < 1.29 is 9.63 Å². The molecule has 0 aliphatic carbocycles. The first-order chi connectivity index (χ1) is 11.5. The van der Waals surface area contributed by atoms with Crippen molar-refractivity contribution in [2.24, 2.45) is 11.1 Å². The summed E-state index contributed by atoms with van der Waals surface area (Å²) in [5, 5.41) is 3.86. The van der Waals surface area contributed by atoms with Gasteiger partial charge in [0.25, 0.3) is 0 Å². The van der Waals surface area contributed by atoms with E-state index >= 15 is 0 Å². The normalized spacial score (nSPS) is 13.6. The monoisotopic (exact) mass is 323 g/mol. The third kappa shape index (κ3) is 5.99. The Balaban J connectivity index is 1.76. The lowest BCUT2D eigenvalue weighted by molar-refractivity contribution is -0.144. The fourth-order valence-electron chi connectivity index (χ4n) is 2.53. The second kappa shape index (κ2) is 9.02. The van der Waals surface area contributed by atoms with E-state index in [4.69, 9.17) is 4.84 Å². The van der Waals surface area contributed by atoms with Gasteiger partial charge in [0.1, 0.15) is 0 Å². The van der Waals surface area contributed by atoms with Crippen molar-refractivity contribution in [3.8, 4) is 0 Å². The van der Waals surface area contributed by atoms with Crippen LogP contribution in [0.15, 0.2) is 59.8 Å². The van der Waals surface area contributed by atoms with Crippen LogP contribution in [0.2, 0.25) is 0 Å². The third-order valence-electron chi connectivity index (χ3n) is 3.99. The lowest BCUT2D eigenvalue weighted by Gasteiger charge is -2.09. The third-order valence-corrected chi connectivity index (χ3v) is 3.99. The van der Waals surface area contributed by atoms with Gasteiger partial charge in [-0.25, -0.2) is 4.79 Å². The number of hydrogen-bond acceptors (Lipinski definition) is 3. The van der Waals surface area contributed by atoms with Gasteiger partial charge in [-0.1, -0.05) is 79.2 Å². The van der Waals surface area contributed by atoms with Crippen LogP contribution in [0.3, 0.4) is 0 Å². The van der Waals surface area contributed by atoms with Crippen LogP contribution < -0.4 is 0 Å². The first kappa shape index (κ1) is 17.9. The van der Waals surface area contributed by atoms with Crippen LogP contribution in [0.25, 0.3) is 0 Å². The van der Waals surface area contributed by atoms with Crippen molar-refractivity contribution in [1.29, 1.82) is 0 Å². The van der Waals surface area contributed by atoms with Crippen molar-refractivity contribution in [1.82, 2.24) is 0 Å². The minimum Gasteiger partial charge on any atom is -0.319 e. The van der Waals surface area contributed by atoms with Crippen molar-refractivity contribution in [2.45, 2.75) is 39.5 Å². The Labute approximate surface area is 144 Å². The highest BCUT2D eigenvalue weighted by molar-refractivity contribution is 5.71. The van der Waals surface area contributed by atoms with Gasteiger partial charge < -0.3 is 4.84 Å². The molecule has 0 spiro atoms. The Morgan fingerprint density at radius 1 is 1.08 bits per heavy atom. The average Bonchev–Trinajstić information content (AvgIpc) is 2.57. The van der Waals surface area contributed by atoms with E-state index in [0.717, 1.165) is 12.0 Å². The van der Waals surface area contributed by atoms with Gasteiger partial charge in [-0.05, 0) is 36.3 Å². The molecule has 0 aromatic heterocycles. The minimum atomic E-state index is -0.301. The molecule has 0 N–H and O–H groups in total. The lowest BCUT2D eigenvalue weighted by atomic mass is 9.98. The fraction of sp³-hybridized carbons (Fsp3) is 0.333. The van der Waals surface area contributed by atoms with E-state index in [2.05, 4.69) is 43.3 Å². The summed E-state index contributed by atoms with van der Waals surface area (Å²) in [7, 11) is 0. The lowest BCUT2D eigenvalue weighted by Crippen LogP contribution is -2.07. The number of nitrogens with zero attached hydrogens (tertiary/aromatic N) is 1. The Bertz CT molecular complexity index is 662. The maximum atomic E-state index is 11.9. The first-order valence-corrected chi connectivity index (χ1v) is 8.38. The van der Waals surface area contributed by atoms with E-state index in [0.29, 0.717) is 6.42 Å². The van der Waals surface area contributed by atoms with Crippen molar-refractivity contribution in [2.75, 3.05) is 0 Å². The summed E-state index contributed by atoms with van der Waals surface area (Å²) < 4.78 is 0.